The van der Waals surface area contributed by atoms with Gasteiger partial charge in [0.25, 0.3) is 0 Å². The first-order valence-electron chi connectivity index (χ1n) is 8.07. The zero-order valence-corrected chi connectivity index (χ0v) is 14.4. The summed E-state index contributed by atoms with van der Waals surface area (Å²) < 4.78 is 0. The van der Waals surface area contributed by atoms with Crippen LogP contribution in [0.2, 0.25) is 0 Å². The van der Waals surface area contributed by atoms with Crippen LogP contribution in [0.4, 0.5) is 4.79 Å². The number of hydrogen-bond acceptors (Lipinski definition) is 4. The highest BCUT2D eigenvalue weighted by Gasteiger charge is 2.37. The molecule has 24 heavy (non-hydrogen) atoms. The first-order chi connectivity index (χ1) is 11.7. The summed E-state index contributed by atoms with van der Waals surface area (Å²) in [5, 5.41) is 6.95. The van der Waals surface area contributed by atoms with E-state index in [1.54, 1.807) is 11.3 Å². The molecule has 0 aliphatic carbocycles. The molecule has 0 saturated carbocycles. The van der Waals surface area contributed by atoms with Crippen molar-refractivity contribution in [1.82, 2.24) is 15.5 Å². The number of amides is 3. The van der Waals surface area contributed by atoms with Crippen LogP contribution in [0.1, 0.15) is 35.4 Å². The van der Waals surface area contributed by atoms with Crippen molar-refractivity contribution >= 4 is 23.3 Å². The number of benzene rings is 1. The molecule has 3 rings (SSSR count). The topological polar surface area (TPSA) is 61.4 Å². The Bertz CT molecular complexity index is 688. The highest BCUT2D eigenvalue weighted by atomic mass is 32.1. The van der Waals surface area contributed by atoms with Gasteiger partial charge in [-0.1, -0.05) is 36.4 Å². The molecule has 1 aliphatic rings. The van der Waals surface area contributed by atoms with Crippen molar-refractivity contribution in [2.75, 3.05) is 13.6 Å². The summed E-state index contributed by atoms with van der Waals surface area (Å²) in [7, 11) is 1.50. The van der Waals surface area contributed by atoms with Crippen LogP contribution in [0, 0.1) is 0 Å². The van der Waals surface area contributed by atoms with Gasteiger partial charge >= 0.3 is 6.03 Å². The van der Waals surface area contributed by atoms with E-state index < -0.39 is 12.1 Å². The highest BCUT2D eigenvalue weighted by molar-refractivity contribution is 7.10. The highest BCUT2D eigenvalue weighted by Crippen LogP contribution is 2.40. The second kappa shape index (κ2) is 7.59. The van der Waals surface area contributed by atoms with E-state index >= 15 is 0 Å². The van der Waals surface area contributed by atoms with Crippen molar-refractivity contribution in [3.05, 3.63) is 58.3 Å². The molecule has 2 N–H and O–H groups in total. The molecule has 1 saturated heterocycles. The number of carbonyl (C=O) groups is 2. The van der Waals surface area contributed by atoms with Gasteiger partial charge in [-0.25, -0.2) is 4.79 Å². The first kappa shape index (κ1) is 16.7. The fourth-order valence-corrected chi connectivity index (χ4v) is 4.14. The maximum Gasteiger partial charge on any atom is 0.321 e. The first-order valence-corrected chi connectivity index (χ1v) is 8.95. The minimum atomic E-state index is -0.479. The Hall–Kier alpha value is -2.18. The van der Waals surface area contributed by atoms with Crippen molar-refractivity contribution < 1.29 is 9.59 Å². The third-order valence-corrected chi connectivity index (χ3v) is 5.30. The Morgan fingerprint density at radius 1 is 1.21 bits per heavy atom. The monoisotopic (exact) mass is 343 g/mol. The number of urea groups is 1. The van der Waals surface area contributed by atoms with Gasteiger partial charge in [0.15, 0.2) is 0 Å². The van der Waals surface area contributed by atoms with Gasteiger partial charge in [0.1, 0.15) is 6.04 Å². The Balaban J connectivity index is 1.92. The lowest BCUT2D eigenvalue weighted by Gasteiger charge is -2.31. The van der Waals surface area contributed by atoms with E-state index in [0.29, 0.717) is 0 Å². The molecule has 1 aromatic heterocycles. The fraction of sp³-hybridized carbons (Fsp3) is 0.333. The van der Waals surface area contributed by atoms with E-state index in [-0.39, 0.29) is 11.9 Å². The number of nitrogens with one attached hydrogen (secondary N) is 2. The van der Waals surface area contributed by atoms with Crippen LogP contribution < -0.4 is 10.6 Å². The largest absolute Gasteiger partial charge is 0.341 e. The average molecular weight is 343 g/mol. The molecule has 0 radical (unpaired) electrons. The lowest BCUT2D eigenvalue weighted by atomic mass is 10.0. The molecular formula is C18H21N3O2S. The number of carbonyl (C=O) groups excluding carboxylic acids is 2. The molecular weight excluding hydrogens is 322 g/mol. The molecule has 1 aromatic carbocycles. The van der Waals surface area contributed by atoms with E-state index in [1.807, 2.05) is 36.4 Å². The molecule has 0 bridgehead atoms. The van der Waals surface area contributed by atoms with Crippen LogP contribution >= 0.6 is 11.3 Å². The molecule has 0 spiro atoms. The Morgan fingerprint density at radius 3 is 2.67 bits per heavy atom. The summed E-state index contributed by atoms with van der Waals surface area (Å²) in [6, 6.07) is 13.1. The molecule has 0 unspecified atom stereocenters. The lowest BCUT2D eigenvalue weighted by Crippen LogP contribution is -2.45. The molecule has 1 fully saturated rings. The molecule has 1 aliphatic heterocycles. The fourth-order valence-electron chi connectivity index (χ4n) is 3.26. The van der Waals surface area contributed by atoms with E-state index in [2.05, 4.69) is 27.0 Å². The second-order valence-electron chi connectivity index (χ2n) is 5.79. The standard InChI is InChI=1S/C18H21N3O2S/c1-19-18(23)20-17(22)16(13-7-3-2-4-8-13)21-11-5-9-14(21)15-10-6-12-24-15/h2-4,6-8,10,12,14,16H,5,9,11H2,1H3,(H2,19,20,22,23)/t14-,16+/m1/s1. The van der Waals surface area contributed by atoms with Crippen LogP contribution in [-0.4, -0.2) is 30.4 Å². The Kier molecular flexibility index (Phi) is 5.27. The number of likely N-dealkylation sites (tertiary alicyclic amines) is 1. The van der Waals surface area contributed by atoms with Crippen molar-refractivity contribution in [3.8, 4) is 0 Å². The molecule has 2 heterocycles. The maximum absolute atomic E-state index is 12.8. The minimum absolute atomic E-state index is 0.214. The number of rotatable bonds is 4. The van der Waals surface area contributed by atoms with Crippen LogP contribution in [0.5, 0.6) is 0 Å². The maximum atomic E-state index is 12.8. The summed E-state index contributed by atoms with van der Waals surface area (Å²) in [5.41, 5.74) is 0.905. The quantitative estimate of drug-likeness (QED) is 0.897. The van der Waals surface area contributed by atoms with Crippen molar-refractivity contribution in [3.63, 3.8) is 0 Å². The Labute approximate surface area is 145 Å². The van der Waals surface area contributed by atoms with Gasteiger partial charge < -0.3 is 5.32 Å². The van der Waals surface area contributed by atoms with E-state index in [9.17, 15) is 9.59 Å². The van der Waals surface area contributed by atoms with Gasteiger partial charge in [0.2, 0.25) is 5.91 Å². The van der Waals surface area contributed by atoms with Crippen molar-refractivity contribution in [2.24, 2.45) is 0 Å². The number of imide groups is 1. The third-order valence-electron chi connectivity index (χ3n) is 4.32. The van der Waals surface area contributed by atoms with E-state index in [0.717, 1.165) is 24.9 Å². The van der Waals surface area contributed by atoms with Crippen LogP contribution in [-0.2, 0) is 4.79 Å². The zero-order valence-electron chi connectivity index (χ0n) is 13.6. The normalized spacial score (nSPS) is 19.0. The van der Waals surface area contributed by atoms with Crippen LogP contribution in [0.3, 0.4) is 0 Å². The molecule has 2 atom stereocenters. The van der Waals surface area contributed by atoms with Gasteiger partial charge in [-0.3, -0.25) is 15.0 Å². The minimum Gasteiger partial charge on any atom is -0.341 e. The number of hydrogen-bond donors (Lipinski definition) is 2. The third kappa shape index (κ3) is 3.49. The summed E-state index contributed by atoms with van der Waals surface area (Å²) in [6.45, 7) is 0.837. The summed E-state index contributed by atoms with van der Waals surface area (Å²) in [5.74, 6) is -0.288. The molecule has 5 nitrogen and oxygen atoms in total. The van der Waals surface area contributed by atoms with E-state index in [4.69, 9.17) is 0 Å². The smallest absolute Gasteiger partial charge is 0.321 e. The summed E-state index contributed by atoms with van der Waals surface area (Å²) in [4.78, 5) is 27.9. The summed E-state index contributed by atoms with van der Waals surface area (Å²) in [6.07, 6.45) is 2.07. The van der Waals surface area contributed by atoms with Gasteiger partial charge in [0, 0.05) is 18.0 Å². The second-order valence-corrected chi connectivity index (χ2v) is 6.77. The molecule has 3 amide bonds. The van der Waals surface area contributed by atoms with Gasteiger partial charge in [-0.2, -0.15) is 0 Å². The molecule has 6 heteroatoms. The van der Waals surface area contributed by atoms with Crippen molar-refractivity contribution in [1.29, 1.82) is 0 Å². The number of thiophene rings is 1. The summed E-state index contributed by atoms with van der Waals surface area (Å²) >= 11 is 1.71. The van der Waals surface area contributed by atoms with Gasteiger partial charge in [0.05, 0.1) is 0 Å². The van der Waals surface area contributed by atoms with Crippen molar-refractivity contribution in [2.45, 2.75) is 24.9 Å². The van der Waals surface area contributed by atoms with E-state index in [1.165, 1.54) is 11.9 Å². The lowest BCUT2D eigenvalue weighted by molar-refractivity contribution is -0.126. The van der Waals surface area contributed by atoms with Gasteiger partial charge in [-0.05, 0) is 36.4 Å². The predicted molar refractivity (Wildman–Crippen MR) is 94.8 cm³/mol. The van der Waals surface area contributed by atoms with Crippen LogP contribution in [0.15, 0.2) is 47.8 Å². The Morgan fingerprint density at radius 2 is 2.00 bits per heavy atom. The predicted octanol–water partition coefficient (Wildman–Crippen LogP) is 3.08. The average Bonchev–Trinajstić information content (AvgIpc) is 3.27. The number of nitrogens with zero attached hydrogens (tertiary/aromatic N) is 1. The SMILES string of the molecule is CNC(=O)NC(=O)[C@H](c1ccccc1)N1CCC[C@@H]1c1cccs1. The van der Waals surface area contributed by atoms with Gasteiger partial charge in [-0.15, -0.1) is 11.3 Å². The van der Waals surface area contributed by atoms with Crippen LogP contribution in [0.25, 0.3) is 0 Å². The zero-order chi connectivity index (χ0) is 16.9. The molecule has 2 aromatic rings. The molecule has 126 valence electrons.